The van der Waals surface area contributed by atoms with Gasteiger partial charge >= 0.3 is 0 Å². The van der Waals surface area contributed by atoms with Crippen LogP contribution in [0.3, 0.4) is 0 Å². The van der Waals surface area contributed by atoms with E-state index in [1.165, 1.54) is 30.9 Å². The molecular formula is C33H35FN2O4S. The SMILES string of the molecule is COc1cc(O)ccc1-c1ccc2c(c1COc1cc(F)ccc1C)N(C)C(=O)C(C)(C)N2.Cc1ccccc1S. The smallest absolute Gasteiger partial charge is 0.251 e. The molecule has 1 heterocycles. The van der Waals surface area contributed by atoms with Crippen molar-refractivity contribution in [1.82, 2.24) is 0 Å². The molecule has 4 aromatic carbocycles. The summed E-state index contributed by atoms with van der Waals surface area (Å²) in [6, 6.07) is 21.1. The van der Waals surface area contributed by atoms with Crippen LogP contribution in [0, 0.1) is 19.7 Å². The number of nitrogens with one attached hydrogen (secondary N) is 1. The van der Waals surface area contributed by atoms with E-state index in [0.29, 0.717) is 17.2 Å². The summed E-state index contributed by atoms with van der Waals surface area (Å²) in [4.78, 5) is 15.8. The molecule has 0 fully saturated rings. The third-order valence-electron chi connectivity index (χ3n) is 7.02. The summed E-state index contributed by atoms with van der Waals surface area (Å²) in [6.45, 7) is 7.64. The van der Waals surface area contributed by atoms with Crippen molar-refractivity contribution in [1.29, 1.82) is 0 Å². The van der Waals surface area contributed by atoms with E-state index >= 15 is 0 Å². The Labute approximate surface area is 246 Å². The van der Waals surface area contributed by atoms with Gasteiger partial charge in [-0.3, -0.25) is 4.79 Å². The molecular weight excluding hydrogens is 539 g/mol. The van der Waals surface area contributed by atoms with Crippen LogP contribution in [0.2, 0.25) is 0 Å². The molecule has 0 bridgehead atoms. The second kappa shape index (κ2) is 12.1. The lowest BCUT2D eigenvalue weighted by Gasteiger charge is -2.39. The molecule has 41 heavy (non-hydrogen) atoms. The molecule has 0 atom stereocenters. The first-order valence-corrected chi connectivity index (χ1v) is 13.6. The van der Waals surface area contributed by atoms with Crippen molar-refractivity contribution in [3.63, 3.8) is 0 Å². The highest BCUT2D eigenvalue weighted by Crippen LogP contribution is 2.45. The van der Waals surface area contributed by atoms with E-state index in [4.69, 9.17) is 9.47 Å². The molecule has 214 valence electrons. The third-order valence-corrected chi connectivity index (χ3v) is 7.52. The average molecular weight is 575 g/mol. The van der Waals surface area contributed by atoms with E-state index in [-0.39, 0.29) is 24.1 Å². The summed E-state index contributed by atoms with van der Waals surface area (Å²) in [5.41, 5.74) is 4.98. The number of likely N-dealkylation sites (N-methyl/N-ethyl adjacent to an activating group) is 1. The minimum atomic E-state index is -0.767. The average Bonchev–Trinajstić information content (AvgIpc) is 2.94. The van der Waals surface area contributed by atoms with E-state index in [0.717, 1.165) is 32.8 Å². The van der Waals surface area contributed by atoms with Crippen molar-refractivity contribution in [2.45, 2.75) is 44.7 Å². The predicted molar refractivity (Wildman–Crippen MR) is 165 cm³/mol. The van der Waals surface area contributed by atoms with Crippen LogP contribution in [-0.4, -0.2) is 30.7 Å². The number of thiol groups is 1. The number of ether oxygens (including phenoxy) is 2. The van der Waals surface area contributed by atoms with Crippen molar-refractivity contribution < 1.29 is 23.8 Å². The number of rotatable bonds is 5. The zero-order chi connectivity index (χ0) is 29.9. The molecule has 4 aromatic rings. The molecule has 0 aromatic heterocycles. The monoisotopic (exact) mass is 574 g/mol. The van der Waals surface area contributed by atoms with Crippen LogP contribution in [0.1, 0.15) is 30.5 Å². The molecule has 0 unspecified atom stereocenters. The molecule has 0 saturated heterocycles. The third kappa shape index (κ3) is 6.43. The zero-order valence-corrected chi connectivity index (χ0v) is 25.0. The number of phenols is 1. The number of benzene rings is 4. The summed E-state index contributed by atoms with van der Waals surface area (Å²) >= 11 is 4.20. The molecule has 6 nitrogen and oxygen atoms in total. The highest BCUT2D eigenvalue weighted by atomic mass is 32.1. The number of halogens is 1. The van der Waals surface area contributed by atoms with Crippen LogP contribution in [0.4, 0.5) is 15.8 Å². The number of aryl methyl sites for hydroxylation is 2. The minimum absolute atomic E-state index is 0.0810. The van der Waals surface area contributed by atoms with Crippen molar-refractivity contribution >= 4 is 29.9 Å². The van der Waals surface area contributed by atoms with Crippen LogP contribution in [0.25, 0.3) is 11.1 Å². The molecule has 2 N–H and O–H groups in total. The number of methoxy groups -OCH3 is 1. The summed E-state index contributed by atoms with van der Waals surface area (Å²) in [6.07, 6.45) is 0. The second-order valence-corrected chi connectivity index (χ2v) is 11.0. The van der Waals surface area contributed by atoms with Gasteiger partial charge < -0.3 is 24.8 Å². The number of anilines is 2. The Hall–Kier alpha value is -4.17. The summed E-state index contributed by atoms with van der Waals surface area (Å²) in [5.74, 6) is 0.512. The first-order chi connectivity index (χ1) is 19.4. The molecule has 5 rings (SSSR count). The van der Waals surface area contributed by atoms with Gasteiger partial charge in [-0.25, -0.2) is 4.39 Å². The van der Waals surface area contributed by atoms with Crippen molar-refractivity contribution in [2.75, 3.05) is 24.4 Å². The van der Waals surface area contributed by atoms with E-state index in [1.807, 2.05) is 64.1 Å². The molecule has 1 aliphatic rings. The lowest BCUT2D eigenvalue weighted by Crippen LogP contribution is -2.52. The predicted octanol–water partition coefficient (Wildman–Crippen LogP) is 7.54. The Kier molecular flexibility index (Phi) is 8.83. The van der Waals surface area contributed by atoms with Gasteiger partial charge in [0, 0.05) is 35.2 Å². The Bertz CT molecular complexity index is 1570. The number of nitrogens with zero attached hydrogens (tertiary/aromatic N) is 1. The van der Waals surface area contributed by atoms with Crippen LogP contribution in [-0.2, 0) is 11.4 Å². The second-order valence-electron chi connectivity index (χ2n) is 10.5. The number of amides is 1. The Morgan fingerprint density at radius 3 is 2.32 bits per heavy atom. The van der Waals surface area contributed by atoms with E-state index in [2.05, 4.69) is 17.9 Å². The molecule has 0 aliphatic carbocycles. The molecule has 0 saturated carbocycles. The quantitative estimate of drug-likeness (QED) is 0.215. The maximum Gasteiger partial charge on any atom is 0.251 e. The van der Waals surface area contributed by atoms with Gasteiger partial charge in [-0.15, -0.1) is 12.6 Å². The number of hydrogen-bond acceptors (Lipinski definition) is 6. The van der Waals surface area contributed by atoms with Gasteiger partial charge in [0.25, 0.3) is 5.91 Å². The van der Waals surface area contributed by atoms with Crippen LogP contribution >= 0.6 is 12.6 Å². The topological polar surface area (TPSA) is 71.0 Å². The Balaban J connectivity index is 0.000000417. The van der Waals surface area contributed by atoms with Gasteiger partial charge in [-0.2, -0.15) is 0 Å². The first kappa shape index (κ1) is 29.8. The molecule has 0 radical (unpaired) electrons. The fourth-order valence-corrected chi connectivity index (χ4v) is 4.94. The number of aromatic hydroxyl groups is 1. The number of carbonyl (C=O) groups excluding carboxylic acids is 1. The maximum absolute atomic E-state index is 13.8. The Morgan fingerprint density at radius 1 is 0.951 bits per heavy atom. The number of phenolic OH excluding ortho intramolecular Hbond substituents is 1. The van der Waals surface area contributed by atoms with Gasteiger partial charge in [-0.1, -0.05) is 30.3 Å². The van der Waals surface area contributed by atoms with Gasteiger partial charge in [0.2, 0.25) is 0 Å². The highest BCUT2D eigenvalue weighted by molar-refractivity contribution is 7.80. The number of fused-ring (bicyclic) bond motifs is 1. The van der Waals surface area contributed by atoms with Gasteiger partial charge in [0.05, 0.1) is 18.5 Å². The van der Waals surface area contributed by atoms with Crippen LogP contribution in [0.15, 0.2) is 77.7 Å². The van der Waals surface area contributed by atoms with Crippen molar-refractivity contribution in [3.05, 3.63) is 95.3 Å². The van der Waals surface area contributed by atoms with E-state index in [1.54, 1.807) is 30.1 Å². The number of carbonyl (C=O) groups is 1. The molecule has 0 spiro atoms. The van der Waals surface area contributed by atoms with Gasteiger partial charge in [-0.05, 0) is 74.7 Å². The van der Waals surface area contributed by atoms with Gasteiger partial charge in [0.1, 0.15) is 35.2 Å². The standard InChI is InChI=1S/C26H27FN2O4.C7H8S/c1-15-6-7-16(27)12-22(15)33-14-20-18(19-9-8-17(30)13-23(19)32-5)10-11-21-24(20)29(4)25(31)26(2,3)28-21;1-6-4-2-3-5-7(6)8/h6-13,28,30H,14H2,1-5H3;2-5,8H,1H3. The van der Waals surface area contributed by atoms with Crippen LogP contribution in [0.5, 0.6) is 17.2 Å². The number of hydrogen-bond donors (Lipinski definition) is 3. The lowest BCUT2D eigenvalue weighted by molar-refractivity contribution is -0.121. The molecule has 1 amide bonds. The minimum Gasteiger partial charge on any atom is -0.508 e. The lowest BCUT2D eigenvalue weighted by atomic mass is 9.91. The van der Waals surface area contributed by atoms with E-state index < -0.39 is 5.54 Å². The van der Waals surface area contributed by atoms with Gasteiger partial charge in [0.15, 0.2) is 0 Å². The zero-order valence-electron chi connectivity index (χ0n) is 24.1. The normalized spacial score (nSPS) is 13.5. The fraction of sp³-hybridized carbons (Fsp3) is 0.242. The van der Waals surface area contributed by atoms with Crippen molar-refractivity contribution in [2.24, 2.45) is 0 Å². The first-order valence-electron chi connectivity index (χ1n) is 13.2. The van der Waals surface area contributed by atoms with E-state index in [9.17, 15) is 14.3 Å². The Morgan fingerprint density at radius 2 is 1.66 bits per heavy atom. The summed E-state index contributed by atoms with van der Waals surface area (Å²) in [7, 11) is 3.27. The highest BCUT2D eigenvalue weighted by Gasteiger charge is 2.38. The fourth-order valence-electron chi connectivity index (χ4n) is 4.77. The molecule has 8 heteroatoms. The summed E-state index contributed by atoms with van der Waals surface area (Å²) in [5, 5.41) is 13.2. The van der Waals surface area contributed by atoms with Crippen molar-refractivity contribution in [3.8, 4) is 28.4 Å². The maximum atomic E-state index is 13.8. The summed E-state index contributed by atoms with van der Waals surface area (Å²) < 4.78 is 25.4. The largest absolute Gasteiger partial charge is 0.508 e. The molecule has 1 aliphatic heterocycles. The van der Waals surface area contributed by atoms with Crippen LogP contribution < -0.4 is 19.7 Å².